The molecular formula is C15H15N5OS. The largest absolute Gasteiger partial charge is 0.452 e. The summed E-state index contributed by atoms with van der Waals surface area (Å²) < 4.78 is 6.00. The Labute approximate surface area is 132 Å². The summed E-state index contributed by atoms with van der Waals surface area (Å²) in [6.07, 6.45) is 1.58. The number of nitrogens with one attached hydrogen (secondary N) is 1. The second kappa shape index (κ2) is 5.19. The van der Waals surface area contributed by atoms with Gasteiger partial charge in [0.15, 0.2) is 10.7 Å². The molecule has 3 aromatic rings. The summed E-state index contributed by atoms with van der Waals surface area (Å²) in [6.45, 7) is 2.33. The van der Waals surface area contributed by atoms with Gasteiger partial charge in [0.25, 0.3) is 0 Å². The van der Waals surface area contributed by atoms with E-state index in [9.17, 15) is 0 Å². The zero-order valence-electron chi connectivity index (χ0n) is 11.8. The Morgan fingerprint density at radius 2 is 2.23 bits per heavy atom. The van der Waals surface area contributed by atoms with Crippen LogP contribution in [0, 0.1) is 0 Å². The molecule has 6 nitrogen and oxygen atoms in total. The van der Waals surface area contributed by atoms with Crippen LogP contribution in [0.15, 0.2) is 35.0 Å². The maximum atomic E-state index is 6.00. The van der Waals surface area contributed by atoms with Gasteiger partial charge in [0, 0.05) is 25.0 Å². The van der Waals surface area contributed by atoms with Crippen molar-refractivity contribution in [2.75, 3.05) is 19.6 Å². The van der Waals surface area contributed by atoms with Crippen LogP contribution >= 0.6 is 12.2 Å². The van der Waals surface area contributed by atoms with E-state index in [1.807, 2.05) is 29.2 Å². The van der Waals surface area contributed by atoms with Crippen molar-refractivity contribution in [1.29, 1.82) is 0 Å². The van der Waals surface area contributed by atoms with Gasteiger partial charge < -0.3 is 20.4 Å². The van der Waals surface area contributed by atoms with Crippen LogP contribution in [0.1, 0.15) is 11.7 Å². The van der Waals surface area contributed by atoms with Crippen LogP contribution in [0.3, 0.4) is 0 Å². The molecule has 1 unspecified atom stereocenters. The minimum absolute atomic E-state index is 0.0442. The molecule has 1 aromatic carbocycles. The Bertz CT molecular complexity index is 861. The molecule has 0 bridgehead atoms. The van der Waals surface area contributed by atoms with Crippen molar-refractivity contribution in [3.8, 4) is 0 Å². The van der Waals surface area contributed by atoms with Crippen molar-refractivity contribution in [3.05, 3.63) is 36.3 Å². The number of thiocarbonyl (C=S) groups is 1. The van der Waals surface area contributed by atoms with Gasteiger partial charge in [0.05, 0.1) is 6.04 Å². The van der Waals surface area contributed by atoms with Crippen LogP contribution in [0.2, 0.25) is 0 Å². The lowest BCUT2D eigenvalue weighted by atomic mass is 10.1. The standard InChI is InChI=1S/C15H15N5OS/c16-15(22)20-6-5-17-7-10(20)13-14-12(18-8-19-13)9-3-1-2-4-11(9)21-14/h1-4,8,10,17H,5-7H2,(H2,16,22). The fraction of sp³-hybridized carbons (Fsp3) is 0.267. The van der Waals surface area contributed by atoms with Gasteiger partial charge in [0.2, 0.25) is 0 Å². The first kappa shape index (κ1) is 13.4. The summed E-state index contributed by atoms with van der Waals surface area (Å²) in [5, 5.41) is 4.73. The normalized spacial score (nSPS) is 18.9. The van der Waals surface area contributed by atoms with Crippen molar-refractivity contribution in [2.24, 2.45) is 5.73 Å². The summed E-state index contributed by atoms with van der Waals surface area (Å²) in [6, 6.07) is 7.81. The predicted octanol–water partition coefficient (Wildman–Crippen LogP) is 1.57. The van der Waals surface area contributed by atoms with Crippen molar-refractivity contribution in [2.45, 2.75) is 6.04 Å². The number of furan rings is 1. The highest BCUT2D eigenvalue weighted by Crippen LogP contribution is 2.32. The van der Waals surface area contributed by atoms with Crippen molar-refractivity contribution in [1.82, 2.24) is 20.2 Å². The predicted molar refractivity (Wildman–Crippen MR) is 88.4 cm³/mol. The molecule has 1 fully saturated rings. The SMILES string of the molecule is NC(=S)N1CCNCC1c1ncnc2c1oc1ccccc12. The van der Waals surface area contributed by atoms with Crippen LogP contribution in [0.5, 0.6) is 0 Å². The topological polar surface area (TPSA) is 80.2 Å². The van der Waals surface area contributed by atoms with Crippen LogP contribution in [0.25, 0.3) is 22.1 Å². The lowest BCUT2D eigenvalue weighted by molar-refractivity contribution is 0.258. The number of hydrogen-bond acceptors (Lipinski definition) is 5. The number of aromatic nitrogens is 2. The van der Waals surface area contributed by atoms with Crippen LogP contribution in [-0.2, 0) is 0 Å². The minimum atomic E-state index is -0.0442. The van der Waals surface area contributed by atoms with E-state index in [0.29, 0.717) is 10.7 Å². The molecule has 0 amide bonds. The smallest absolute Gasteiger partial charge is 0.177 e. The third-order valence-electron chi connectivity index (χ3n) is 4.03. The maximum absolute atomic E-state index is 6.00. The fourth-order valence-corrected chi connectivity index (χ4v) is 3.21. The molecule has 112 valence electrons. The summed E-state index contributed by atoms with van der Waals surface area (Å²) in [5.74, 6) is 0. The van der Waals surface area contributed by atoms with Gasteiger partial charge in [0.1, 0.15) is 23.1 Å². The van der Waals surface area contributed by atoms with Crippen molar-refractivity contribution >= 4 is 39.4 Å². The number of nitrogens with two attached hydrogens (primary N) is 1. The highest BCUT2D eigenvalue weighted by Gasteiger charge is 2.29. The molecule has 3 heterocycles. The number of fused-ring (bicyclic) bond motifs is 3. The number of nitrogens with zero attached hydrogens (tertiary/aromatic N) is 3. The van der Waals surface area contributed by atoms with Gasteiger partial charge in [-0.1, -0.05) is 12.1 Å². The second-order valence-electron chi connectivity index (χ2n) is 5.29. The van der Waals surface area contributed by atoms with E-state index in [-0.39, 0.29) is 6.04 Å². The van der Waals surface area contributed by atoms with Gasteiger partial charge in [-0.15, -0.1) is 0 Å². The molecule has 1 aliphatic rings. The lowest BCUT2D eigenvalue weighted by Crippen LogP contribution is -2.50. The quantitative estimate of drug-likeness (QED) is 0.660. The van der Waals surface area contributed by atoms with E-state index < -0.39 is 0 Å². The van der Waals surface area contributed by atoms with E-state index in [4.69, 9.17) is 22.4 Å². The van der Waals surface area contributed by atoms with E-state index in [1.165, 1.54) is 0 Å². The van der Waals surface area contributed by atoms with E-state index >= 15 is 0 Å². The molecule has 2 aromatic heterocycles. The Kier molecular flexibility index (Phi) is 3.16. The number of para-hydroxylation sites is 1. The van der Waals surface area contributed by atoms with E-state index in [1.54, 1.807) is 6.33 Å². The van der Waals surface area contributed by atoms with Gasteiger partial charge in [-0.05, 0) is 24.4 Å². The molecule has 0 radical (unpaired) electrons. The summed E-state index contributed by atoms with van der Waals surface area (Å²) in [7, 11) is 0. The van der Waals surface area contributed by atoms with Crippen LogP contribution < -0.4 is 11.1 Å². The van der Waals surface area contributed by atoms with Crippen LogP contribution in [-0.4, -0.2) is 39.6 Å². The Hall–Kier alpha value is -2.25. The Balaban J connectivity index is 1.92. The van der Waals surface area contributed by atoms with Gasteiger partial charge in [-0.25, -0.2) is 9.97 Å². The van der Waals surface area contributed by atoms with Gasteiger partial charge >= 0.3 is 0 Å². The molecule has 4 rings (SSSR count). The molecule has 0 aliphatic carbocycles. The molecule has 1 aliphatic heterocycles. The monoisotopic (exact) mass is 313 g/mol. The third-order valence-corrected chi connectivity index (χ3v) is 4.26. The van der Waals surface area contributed by atoms with Gasteiger partial charge in [-0.3, -0.25) is 0 Å². The molecule has 1 saturated heterocycles. The first-order chi connectivity index (χ1) is 10.8. The average molecular weight is 313 g/mol. The summed E-state index contributed by atoms with van der Waals surface area (Å²) in [4.78, 5) is 10.8. The van der Waals surface area contributed by atoms with Gasteiger partial charge in [-0.2, -0.15) is 0 Å². The molecule has 1 atom stereocenters. The highest BCUT2D eigenvalue weighted by atomic mass is 32.1. The average Bonchev–Trinajstić information content (AvgIpc) is 2.93. The molecule has 0 spiro atoms. The maximum Gasteiger partial charge on any atom is 0.177 e. The highest BCUT2D eigenvalue weighted by molar-refractivity contribution is 7.80. The molecular weight excluding hydrogens is 298 g/mol. The first-order valence-corrected chi connectivity index (χ1v) is 7.55. The minimum Gasteiger partial charge on any atom is -0.452 e. The summed E-state index contributed by atoms with van der Waals surface area (Å²) in [5.41, 5.74) is 9.04. The third kappa shape index (κ3) is 2.01. The van der Waals surface area contributed by atoms with E-state index in [2.05, 4.69) is 15.3 Å². The molecule has 7 heteroatoms. The zero-order valence-corrected chi connectivity index (χ0v) is 12.6. The molecule has 0 saturated carbocycles. The Morgan fingerprint density at radius 3 is 3.09 bits per heavy atom. The summed E-state index contributed by atoms with van der Waals surface area (Å²) >= 11 is 5.18. The van der Waals surface area contributed by atoms with E-state index in [0.717, 1.165) is 41.8 Å². The number of rotatable bonds is 1. The molecule has 3 N–H and O–H groups in total. The van der Waals surface area contributed by atoms with Crippen molar-refractivity contribution < 1.29 is 4.42 Å². The van der Waals surface area contributed by atoms with Crippen LogP contribution in [0.4, 0.5) is 0 Å². The first-order valence-electron chi connectivity index (χ1n) is 7.14. The number of hydrogen-bond donors (Lipinski definition) is 2. The fourth-order valence-electron chi connectivity index (χ4n) is 2.99. The Morgan fingerprint density at radius 1 is 1.36 bits per heavy atom. The number of benzene rings is 1. The van der Waals surface area contributed by atoms with Crippen molar-refractivity contribution in [3.63, 3.8) is 0 Å². The molecule has 22 heavy (non-hydrogen) atoms. The number of piperazine rings is 1. The lowest BCUT2D eigenvalue weighted by Gasteiger charge is -2.36. The zero-order chi connectivity index (χ0) is 15.1. The second-order valence-corrected chi connectivity index (χ2v) is 5.70.